The quantitative estimate of drug-likeness (QED) is 0.175. The number of hydrogen-bond acceptors (Lipinski definition) is 6. The number of aromatic nitrogens is 4. The van der Waals surface area contributed by atoms with Gasteiger partial charge in [-0.2, -0.15) is 0 Å². The highest BCUT2D eigenvalue weighted by Crippen LogP contribution is 2.43. The molecule has 15 aromatic rings. The van der Waals surface area contributed by atoms with Gasteiger partial charge in [0.15, 0.2) is 17.5 Å². The summed E-state index contributed by atoms with van der Waals surface area (Å²) in [4.78, 5) is 15.9. The lowest BCUT2D eigenvalue weighted by Crippen LogP contribution is -2.01. The maximum absolute atomic E-state index is 6.85. The molecule has 5 aromatic heterocycles. The van der Waals surface area contributed by atoms with Crippen molar-refractivity contribution < 1.29 is 13.3 Å². The first-order chi connectivity index (χ1) is 32.7. The standard InChI is InChI=1S/C59H32N4O3/c1-2-12-34-31-49-45(28-33(34)11-1)40-13-3-7-17-48(40)63(49)38-23-25-39-37(27-38)30-47(56-55(39)44-16-6-10-20-52(44)66-56)59-61-57(35-22-26-53-46(29-35)42-15-5-9-19-51(42)64-53)60-58(62-59)36-21-24-43-41-14-4-8-18-50(41)65-54(43)32-36/h1-32H. The number of hydrogen-bond donors (Lipinski definition) is 0. The summed E-state index contributed by atoms with van der Waals surface area (Å²) in [6.07, 6.45) is 0. The molecule has 0 unspecified atom stereocenters. The molecule has 0 saturated carbocycles. The van der Waals surface area contributed by atoms with E-state index in [9.17, 15) is 0 Å². The van der Waals surface area contributed by atoms with Crippen LogP contribution in [-0.2, 0) is 0 Å². The van der Waals surface area contributed by atoms with Crippen LogP contribution in [0.25, 0.3) is 149 Å². The predicted molar refractivity (Wildman–Crippen MR) is 267 cm³/mol. The van der Waals surface area contributed by atoms with E-state index in [1.807, 2.05) is 66.7 Å². The molecule has 0 aliphatic rings. The minimum atomic E-state index is 0.497. The van der Waals surface area contributed by atoms with Crippen molar-refractivity contribution in [2.24, 2.45) is 0 Å². The van der Waals surface area contributed by atoms with E-state index in [0.29, 0.717) is 23.1 Å². The number of benzene rings is 10. The van der Waals surface area contributed by atoms with Gasteiger partial charge in [-0.25, -0.2) is 15.0 Å². The highest BCUT2D eigenvalue weighted by atomic mass is 16.3. The highest BCUT2D eigenvalue weighted by Gasteiger charge is 2.23. The normalized spacial score (nSPS) is 12.2. The second-order valence-corrected chi connectivity index (χ2v) is 17.1. The third-order valence-corrected chi connectivity index (χ3v) is 13.4. The molecule has 0 fully saturated rings. The maximum atomic E-state index is 6.85. The van der Waals surface area contributed by atoms with Gasteiger partial charge in [0.1, 0.15) is 33.5 Å². The van der Waals surface area contributed by atoms with Gasteiger partial charge in [-0.3, -0.25) is 0 Å². The fourth-order valence-electron chi connectivity index (χ4n) is 10.3. The fraction of sp³-hybridized carbons (Fsp3) is 0. The van der Waals surface area contributed by atoms with Gasteiger partial charge in [0, 0.05) is 59.9 Å². The number of para-hydroxylation sites is 4. The Hall–Kier alpha value is -9.07. The summed E-state index contributed by atoms with van der Waals surface area (Å²) in [5, 5.41) is 13.1. The van der Waals surface area contributed by atoms with Gasteiger partial charge in [-0.05, 0) is 106 Å². The Morgan fingerprint density at radius 3 is 1.70 bits per heavy atom. The van der Waals surface area contributed by atoms with Gasteiger partial charge in [0.2, 0.25) is 0 Å². The van der Waals surface area contributed by atoms with Crippen LogP contribution in [0.15, 0.2) is 207 Å². The molecule has 10 aromatic carbocycles. The van der Waals surface area contributed by atoms with Gasteiger partial charge in [-0.1, -0.05) is 109 Å². The smallest absolute Gasteiger partial charge is 0.167 e. The lowest BCUT2D eigenvalue weighted by Gasteiger charge is -2.13. The van der Waals surface area contributed by atoms with Gasteiger partial charge < -0.3 is 17.8 Å². The molecule has 66 heavy (non-hydrogen) atoms. The number of fused-ring (bicyclic) bond motifs is 15. The van der Waals surface area contributed by atoms with Crippen molar-refractivity contribution in [3.8, 4) is 39.9 Å². The van der Waals surface area contributed by atoms with Gasteiger partial charge in [0.05, 0.1) is 16.6 Å². The molecule has 0 saturated heterocycles. The van der Waals surface area contributed by atoms with Crippen molar-refractivity contribution in [2.45, 2.75) is 0 Å². The van der Waals surface area contributed by atoms with E-state index in [4.69, 9.17) is 28.2 Å². The minimum absolute atomic E-state index is 0.497. The van der Waals surface area contributed by atoms with E-state index in [1.54, 1.807) is 0 Å². The summed E-state index contributed by atoms with van der Waals surface area (Å²) >= 11 is 0. The Balaban J connectivity index is 1.00. The maximum Gasteiger partial charge on any atom is 0.167 e. The van der Waals surface area contributed by atoms with Gasteiger partial charge in [-0.15, -0.1) is 0 Å². The molecule has 306 valence electrons. The Kier molecular flexibility index (Phi) is 7.10. The molecule has 0 N–H and O–H groups in total. The van der Waals surface area contributed by atoms with Gasteiger partial charge >= 0.3 is 0 Å². The third-order valence-electron chi connectivity index (χ3n) is 13.4. The van der Waals surface area contributed by atoms with Crippen molar-refractivity contribution in [1.82, 2.24) is 19.5 Å². The van der Waals surface area contributed by atoms with Crippen LogP contribution in [0.4, 0.5) is 0 Å². The first-order valence-electron chi connectivity index (χ1n) is 22.1. The topological polar surface area (TPSA) is 83.0 Å². The van der Waals surface area contributed by atoms with Crippen molar-refractivity contribution >= 4 is 109 Å². The summed E-state index contributed by atoms with van der Waals surface area (Å²) in [5.41, 5.74) is 10.5. The zero-order valence-corrected chi connectivity index (χ0v) is 35.0. The molecule has 0 atom stereocenters. The van der Waals surface area contributed by atoms with Crippen LogP contribution < -0.4 is 0 Å². The molecular weight excluding hydrogens is 813 g/mol. The number of nitrogens with zero attached hydrogens (tertiary/aromatic N) is 4. The zero-order chi connectivity index (χ0) is 43.0. The molecule has 5 heterocycles. The Morgan fingerprint density at radius 1 is 0.318 bits per heavy atom. The lowest BCUT2D eigenvalue weighted by molar-refractivity contribution is 0.668. The van der Waals surface area contributed by atoms with E-state index >= 15 is 0 Å². The predicted octanol–water partition coefficient (Wildman–Crippen LogP) is 16.0. The van der Waals surface area contributed by atoms with Crippen LogP contribution in [0.3, 0.4) is 0 Å². The SMILES string of the molecule is c1ccc2cc3c(cc2c1)c1ccccc1n3-c1ccc2c(c1)cc(-c1nc(-c3ccc4c(c3)oc3ccccc34)nc(-c3ccc4oc5ccccc5c4c3)n1)c1oc3ccccc3c12. The van der Waals surface area contributed by atoms with Crippen molar-refractivity contribution in [1.29, 1.82) is 0 Å². The van der Waals surface area contributed by atoms with Crippen LogP contribution in [0.5, 0.6) is 0 Å². The van der Waals surface area contributed by atoms with Crippen LogP contribution in [0, 0.1) is 0 Å². The molecule has 0 spiro atoms. The third kappa shape index (κ3) is 5.10. The molecule has 7 nitrogen and oxygen atoms in total. The first-order valence-corrected chi connectivity index (χ1v) is 22.1. The minimum Gasteiger partial charge on any atom is -0.456 e. The number of rotatable bonds is 4. The van der Waals surface area contributed by atoms with Crippen LogP contribution in [0.1, 0.15) is 0 Å². The lowest BCUT2D eigenvalue weighted by atomic mass is 9.99. The number of furan rings is 3. The van der Waals surface area contributed by atoms with Crippen LogP contribution in [-0.4, -0.2) is 19.5 Å². The largest absolute Gasteiger partial charge is 0.456 e. The average Bonchev–Trinajstić information content (AvgIpc) is 4.14. The van der Waals surface area contributed by atoms with Crippen molar-refractivity contribution in [2.75, 3.05) is 0 Å². The van der Waals surface area contributed by atoms with E-state index < -0.39 is 0 Å². The summed E-state index contributed by atoms with van der Waals surface area (Å²) in [6.45, 7) is 0. The Morgan fingerprint density at radius 2 is 0.894 bits per heavy atom. The molecule has 15 rings (SSSR count). The van der Waals surface area contributed by atoms with Gasteiger partial charge in [0.25, 0.3) is 0 Å². The van der Waals surface area contributed by atoms with E-state index in [-0.39, 0.29) is 0 Å². The summed E-state index contributed by atoms with van der Waals surface area (Å²) in [5.74, 6) is 1.55. The van der Waals surface area contributed by atoms with E-state index in [2.05, 4.69) is 132 Å². The molecule has 0 bridgehead atoms. The molecule has 7 heteroatoms. The van der Waals surface area contributed by atoms with E-state index in [0.717, 1.165) is 104 Å². The molecular formula is C59H32N4O3. The monoisotopic (exact) mass is 844 g/mol. The van der Waals surface area contributed by atoms with Crippen molar-refractivity contribution in [3.63, 3.8) is 0 Å². The van der Waals surface area contributed by atoms with Crippen LogP contribution in [0.2, 0.25) is 0 Å². The Bertz CT molecular complexity index is 4550. The van der Waals surface area contributed by atoms with Crippen LogP contribution >= 0.6 is 0 Å². The second-order valence-electron chi connectivity index (χ2n) is 17.1. The van der Waals surface area contributed by atoms with Crippen molar-refractivity contribution in [3.05, 3.63) is 194 Å². The first kappa shape index (κ1) is 35.4. The summed E-state index contributed by atoms with van der Waals surface area (Å²) in [7, 11) is 0. The molecule has 0 amide bonds. The van der Waals surface area contributed by atoms with E-state index in [1.165, 1.54) is 21.5 Å². The fourth-order valence-corrected chi connectivity index (χ4v) is 10.3. The zero-order valence-electron chi connectivity index (χ0n) is 35.0. The molecule has 0 aliphatic carbocycles. The average molecular weight is 845 g/mol. The highest BCUT2D eigenvalue weighted by molar-refractivity contribution is 6.23. The second kappa shape index (κ2) is 13.2. The molecule has 0 radical (unpaired) electrons. The summed E-state index contributed by atoms with van der Waals surface area (Å²) in [6, 6.07) is 67.6. The molecule has 0 aliphatic heterocycles. The Labute approximate surface area is 374 Å². The summed E-state index contributed by atoms with van der Waals surface area (Å²) < 4.78 is 21.9.